The van der Waals surface area contributed by atoms with Gasteiger partial charge in [0.05, 0.1) is 13.2 Å². The number of hydrogen-bond acceptors (Lipinski definition) is 9. The highest BCUT2D eigenvalue weighted by atomic mass is 16.6. The van der Waals surface area contributed by atoms with Crippen LogP contribution in [0.25, 0.3) is 0 Å². The van der Waals surface area contributed by atoms with Crippen molar-refractivity contribution in [3.05, 3.63) is 59.4 Å². The molecule has 0 unspecified atom stereocenters. The van der Waals surface area contributed by atoms with Gasteiger partial charge in [0.1, 0.15) is 17.5 Å². The summed E-state index contributed by atoms with van der Waals surface area (Å²) in [7, 11) is 0. The van der Waals surface area contributed by atoms with Crippen molar-refractivity contribution in [1.29, 1.82) is 0 Å². The maximum Gasteiger partial charge on any atom is 0.256 e. The number of nitrogens with zero attached hydrogens (tertiary/aromatic N) is 3. The zero-order chi connectivity index (χ0) is 23.3. The van der Waals surface area contributed by atoms with E-state index in [2.05, 4.69) is 48.4 Å². The Morgan fingerprint density at radius 2 is 2.03 bits per heavy atom. The van der Waals surface area contributed by atoms with Crippen molar-refractivity contribution in [2.24, 2.45) is 0 Å². The first-order valence-electron chi connectivity index (χ1n) is 11.4. The van der Waals surface area contributed by atoms with E-state index in [1.807, 2.05) is 13.0 Å². The quantitative estimate of drug-likeness (QED) is 0.401. The Bertz CT molecular complexity index is 1180. The molecule has 34 heavy (non-hydrogen) atoms. The van der Waals surface area contributed by atoms with Crippen LogP contribution >= 0.6 is 0 Å². The van der Waals surface area contributed by atoms with Crippen molar-refractivity contribution in [1.82, 2.24) is 25.6 Å². The number of rotatable bonds is 8. The van der Waals surface area contributed by atoms with E-state index in [9.17, 15) is 4.79 Å². The number of anilines is 4. The van der Waals surface area contributed by atoms with Crippen LogP contribution in [0.15, 0.2) is 42.7 Å². The Hall–Kier alpha value is -3.76. The van der Waals surface area contributed by atoms with Crippen LogP contribution in [0.4, 0.5) is 23.1 Å². The number of amides is 1. The maximum atomic E-state index is 12.6. The zero-order valence-electron chi connectivity index (χ0n) is 18.9. The largest absolute Gasteiger partial charge is 0.469 e. The molecule has 176 valence electrons. The molecule has 0 atom stereocenters. The molecule has 1 saturated heterocycles. The molecule has 0 radical (unpaired) electrons. The van der Waals surface area contributed by atoms with Crippen molar-refractivity contribution in [3.8, 4) is 5.88 Å². The monoisotopic (exact) mass is 461 g/mol. The molecule has 2 aromatic heterocycles. The van der Waals surface area contributed by atoms with Crippen LogP contribution in [0.2, 0.25) is 0 Å². The minimum absolute atomic E-state index is 0.0101. The van der Waals surface area contributed by atoms with Gasteiger partial charge in [-0.15, -0.1) is 0 Å². The third kappa shape index (κ3) is 5.08. The van der Waals surface area contributed by atoms with Crippen molar-refractivity contribution in [3.63, 3.8) is 0 Å². The average Bonchev–Trinajstić information content (AvgIpc) is 2.82. The van der Waals surface area contributed by atoms with Crippen LogP contribution in [-0.2, 0) is 17.7 Å². The van der Waals surface area contributed by atoms with E-state index in [0.717, 1.165) is 25.2 Å². The lowest BCUT2D eigenvalue weighted by Gasteiger charge is -2.26. The van der Waals surface area contributed by atoms with Crippen LogP contribution in [-0.4, -0.2) is 53.3 Å². The summed E-state index contributed by atoms with van der Waals surface area (Å²) in [5.41, 5.74) is 4.55. The van der Waals surface area contributed by atoms with Gasteiger partial charge in [-0.05, 0) is 49.2 Å². The normalized spacial score (nSPS) is 15.1. The van der Waals surface area contributed by atoms with Crippen molar-refractivity contribution in [2.45, 2.75) is 26.0 Å². The van der Waals surface area contributed by atoms with Crippen LogP contribution in [0.3, 0.4) is 0 Å². The fourth-order valence-corrected chi connectivity index (χ4v) is 3.78. The molecule has 10 nitrogen and oxygen atoms in total. The number of carbonyl (C=O) groups excluding carboxylic acids is 1. The number of carbonyl (C=O) groups is 1. The molecule has 1 fully saturated rings. The van der Waals surface area contributed by atoms with E-state index in [-0.39, 0.29) is 12.0 Å². The fraction of sp³-hybridized carbons (Fsp3) is 0.333. The maximum absolute atomic E-state index is 12.6. The molecule has 4 heterocycles. The standard InChI is InChI=1S/C24H27N7O3/c1-2-26-23(32)20-12-28-24(30-17-4-3-16-11-25-7-5-15(16)9-17)31-22(20)29-18-6-8-27-21(10-18)34-19-13-33-14-19/h3-4,6,8-10,12,19,25H,2,5,7,11,13-14H2,1H3,(H,26,32)(H2,27,28,29,30,31). The van der Waals surface area contributed by atoms with Gasteiger partial charge in [0.15, 0.2) is 0 Å². The van der Waals surface area contributed by atoms with Gasteiger partial charge in [-0.25, -0.2) is 9.97 Å². The highest BCUT2D eigenvalue weighted by molar-refractivity contribution is 5.99. The van der Waals surface area contributed by atoms with E-state index in [0.29, 0.717) is 48.7 Å². The number of benzene rings is 1. The molecule has 1 aromatic carbocycles. The molecule has 0 aliphatic carbocycles. The minimum atomic E-state index is -0.255. The third-order valence-electron chi connectivity index (χ3n) is 5.61. The molecule has 0 spiro atoms. The Balaban J connectivity index is 1.39. The van der Waals surface area contributed by atoms with E-state index in [4.69, 9.17) is 9.47 Å². The molecule has 1 amide bonds. The molecule has 2 aliphatic rings. The Morgan fingerprint density at radius 1 is 1.15 bits per heavy atom. The number of hydrogen-bond donors (Lipinski definition) is 4. The van der Waals surface area contributed by atoms with E-state index in [1.165, 1.54) is 17.3 Å². The predicted molar refractivity (Wildman–Crippen MR) is 128 cm³/mol. The minimum Gasteiger partial charge on any atom is -0.469 e. The molecular weight excluding hydrogens is 434 g/mol. The van der Waals surface area contributed by atoms with Gasteiger partial charge in [-0.1, -0.05) is 6.07 Å². The van der Waals surface area contributed by atoms with Gasteiger partial charge < -0.3 is 30.7 Å². The van der Waals surface area contributed by atoms with Crippen LogP contribution in [0.1, 0.15) is 28.4 Å². The summed E-state index contributed by atoms with van der Waals surface area (Å²) >= 11 is 0. The average molecular weight is 462 g/mol. The molecular formula is C24H27N7O3. The van der Waals surface area contributed by atoms with E-state index >= 15 is 0 Å². The fourth-order valence-electron chi connectivity index (χ4n) is 3.78. The second-order valence-electron chi connectivity index (χ2n) is 8.14. The van der Waals surface area contributed by atoms with Gasteiger partial charge in [0.25, 0.3) is 5.91 Å². The Labute approximate surface area is 197 Å². The first kappa shape index (κ1) is 22.1. The second-order valence-corrected chi connectivity index (χ2v) is 8.14. The van der Waals surface area contributed by atoms with Crippen LogP contribution in [0.5, 0.6) is 5.88 Å². The number of fused-ring (bicyclic) bond motifs is 1. The summed E-state index contributed by atoms with van der Waals surface area (Å²) in [6, 6.07) is 9.81. The number of nitrogens with one attached hydrogen (secondary N) is 4. The lowest BCUT2D eigenvalue weighted by molar-refractivity contribution is -0.0813. The van der Waals surface area contributed by atoms with Gasteiger partial charge in [-0.3, -0.25) is 4.79 Å². The molecule has 10 heteroatoms. The molecule has 4 N–H and O–H groups in total. The highest BCUT2D eigenvalue weighted by Crippen LogP contribution is 2.25. The summed E-state index contributed by atoms with van der Waals surface area (Å²) in [5.74, 6) is 1.00. The summed E-state index contributed by atoms with van der Waals surface area (Å²) in [5, 5.41) is 12.7. The zero-order valence-corrected chi connectivity index (χ0v) is 18.9. The number of aromatic nitrogens is 3. The van der Waals surface area contributed by atoms with Crippen LogP contribution in [0, 0.1) is 0 Å². The lowest BCUT2D eigenvalue weighted by Crippen LogP contribution is -2.38. The molecule has 0 bridgehead atoms. The Morgan fingerprint density at radius 3 is 2.85 bits per heavy atom. The summed E-state index contributed by atoms with van der Waals surface area (Å²) in [6.07, 6.45) is 4.16. The lowest BCUT2D eigenvalue weighted by atomic mass is 10.0. The summed E-state index contributed by atoms with van der Waals surface area (Å²) < 4.78 is 10.9. The number of ether oxygens (including phenoxy) is 2. The second kappa shape index (κ2) is 10.0. The van der Waals surface area contributed by atoms with Crippen LogP contribution < -0.4 is 26.0 Å². The van der Waals surface area contributed by atoms with E-state index < -0.39 is 0 Å². The summed E-state index contributed by atoms with van der Waals surface area (Å²) in [4.78, 5) is 25.9. The molecule has 5 rings (SSSR count). The third-order valence-corrected chi connectivity index (χ3v) is 5.61. The number of pyridine rings is 1. The first-order valence-corrected chi connectivity index (χ1v) is 11.4. The molecule has 3 aromatic rings. The Kier molecular flexibility index (Phi) is 6.50. The molecule has 0 saturated carbocycles. The first-order chi connectivity index (χ1) is 16.7. The van der Waals surface area contributed by atoms with Gasteiger partial charge in [0, 0.05) is 42.9 Å². The molecule has 2 aliphatic heterocycles. The topological polar surface area (TPSA) is 122 Å². The highest BCUT2D eigenvalue weighted by Gasteiger charge is 2.21. The van der Waals surface area contributed by atoms with Gasteiger partial charge >= 0.3 is 0 Å². The van der Waals surface area contributed by atoms with Crippen molar-refractivity contribution in [2.75, 3.05) is 36.9 Å². The SMILES string of the molecule is CCNC(=O)c1cnc(Nc2ccc3c(c2)CCNC3)nc1Nc1ccnc(OC2COC2)c1. The summed E-state index contributed by atoms with van der Waals surface area (Å²) in [6.45, 7) is 5.32. The van der Waals surface area contributed by atoms with Gasteiger partial charge in [0.2, 0.25) is 11.8 Å². The van der Waals surface area contributed by atoms with Crippen molar-refractivity contribution >= 4 is 29.0 Å². The van der Waals surface area contributed by atoms with Gasteiger partial charge in [-0.2, -0.15) is 4.98 Å². The smallest absolute Gasteiger partial charge is 0.256 e. The van der Waals surface area contributed by atoms with Crippen molar-refractivity contribution < 1.29 is 14.3 Å². The van der Waals surface area contributed by atoms with E-state index in [1.54, 1.807) is 18.3 Å². The predicted octanol–water partition coefficient (Wildman–Crippen LogP) is 2.53.